The number of benzene rings is 1. The third-order valence-corrected chi connectivity index (χ3v) is 3.88. The maximum absolute atomic E-state index is 13.2. The van der Waals surface area contributed by atoms with Crippen molar-refractivity contribution in [2.75, 3.05) is 7.05 Å². The molecule has 0 heterocycles. The predicted octanol–water partition coefficient (Wildman–Crippen LogP) is 3.33. The lowest BCUT2D eigenvalue weighted by atomic mass is 10.1. The molecule has 0 aromatic heterocycles. The molecule has 1 aromatic rings. The summed E-state index contributed by atoms with van der Waals surface area (Å²) in [4.78, 5) is 14.0. The van der Waals surface area contributed by atoms with Crippen LogP contribution in [0.3, 0.4) is 0 Å². The molecule has 1 fully saturated rings. The third kappa shape index (κ3) is 3.25. The maximum atomic E-state index is 13.2. The lowest BCUT2D eigenvalue weighted by Crippen LogP contribution is -2.36. The molecule has 2 rings (SSSR count). The zero-order valence-corrected chi connectivity index (χ0v) is 11.2. The second-order valence-corrected chi connectivity index (χ2v) is 5.22. The van der Waals surface area contributed by atoms with E-state index in [9.17, 15) is 14.3 Å². The smallest absolute Gasteiger partial charge is 0.257 e. The van der Waals surface area contributed by atoms with Crippen molar-refractivity contribution in [2.45, 2.75) is 44.6 Å². The summed E-state index contributed by atoms with van der Waals surface area (Å²) >= 11 is 0. The number of halogens is 1. The molecule has 0 unspecified atom stereocenters. The van der Waals surface area contributed by atoms with E-state index in [1.54, 1.807) is 11.9 Å². The van der Waals surface area contributed by atoms with Gasteiger partial charge in [0.15, 0.2) is 0 Å². The van der Waals surface area contributed by atoms with Gasteiger partial charge < -0.3 is 10.0 Å². The molecule has 0 radical (unpaired) electrons. The van der Waals surface area contributed by atoms with E-state index in [1.165, 1.54) is 18.9 Å². The summed E-state index contributed by atoms with van der Waals surface area (Å²) in [6.45, 7) is 0. The van der Waals surface area contributed by atoms with E-state index in [4.69, 9.17) is 0 Å². The third-order valence-electron chi connectivity index (χ3n) is 3.88. The Morgan fingerprint density at radius 2 is 1.89 bits per heavy atom. The fourth-order valence-corrected chi connectivity index (χ4v) is 2.68. The monoisotopic (exact) mass is 265 g/mol. The Morgan fingerprint density at radius 3 is 2.53 bits per heavy atom. The number of hydrogen-bond acceptors (Lipinski definition) is 2. The van der Waals surface area contributed by atoms with Crippen LogP contribution < -0.4 is 0 Å². The molecule has 0 saturated heterocycles. The minimum absolute atomic E-state index is 0.0479. The molecular weight excluding hydrogens is 245 g/mol. The van der Waals surface area contributed by atoms with Crippen LogP contribution in [-0.2, 0) is 0 Å². The number of amides is 1. The summed E-state index contributed by atoms with van der Waals surface area (Å²) in [5.41, 5.74) is 0.0479. The first kappa shape index (κ1) is 13.8. The summed E-state index contributed by atoms with van der Waals surface area (Å²) in [6, 6.07) is 3.67. The van der Waals surface area contributed by atoms with Crippen molar-refractivity contribution >= 4 is 5.91 Å². The van der Waals surface area contributed by atoms with Gasteiger partial charge in [-0.3, -0.25) is 4.79 Å². The summed E-state index contributed by atoms with van der Waals surface area (Å²) in [5.74, 6) is -0.966. The standard InChI is InChI=1S/C15H20FNO2/c1-17(12-6-4-2-3-5-7-12)15(19)13-10-11(16)8-9-14(13)18/h8-10,12,18H,2-7H2,1H3. The Hall–Kier alpha value is -1.58. The average molecular weight is 265 g/mol. The van der Waals surface area contributed by atoms with Gasteiger partial charge >= 0.3 is 0 Å². The van der Waals surface area contributed by atoms with Gasteiger partial charge in [0.2, 0.25) is 0 Å². The molecular formula is C15H20FNO2. The highest BCUT2D eigenvalue weighted by Crippen LogP contribution is 2.25. The zero-order valence-electron chi connectivity index (χ0n) is 11.2. The summed E-state index contributed by atoms with van der Waals surface area (Å²) in [6.07, 6.45) is 6.64. The van der Waals surface area contributed by atoms with Crippen molar-refractivity contribution in [1.29, 1.82) is 0 Å². The van der Waals surface area contributed by atoms with Gasteiger partial charge in [-0.2, -0.15) is 0 Å². The van der Waals surface area contributed by atoms with Gasteiger partial charge in [-0.05, 0) is 31.0 Å². The van der Waals surface area contributed by atoms with E-state index in [0.717, 1.165) is 37.8 Å². The minimum Gasteiger partial charge on any atom is -0.507 e. The molecule has 1 aliphatic carbocycles. The fraction of sp³-hybridized carbons (Fsp3) is 0.533. The van der Waals surface area contributed by atoms with E-state index in [2.05, 4.69) is 0 Å². The highest BCUT2D eigenvalue weighted by molar-refractivity contribution is 5.96. The van der Waals surface area contributed by atoms with Gasteiger partial charge in [0, 0.05) is 13.1 Å². The van der Waals surface area contributed by atoms with Gasteiger partial charge in [0.25, 0.3) is 5.91 Å². The van der Waals surface area contributed by atoms with Gasteiger partial charge in [-0.1, -0.05) is 25.7 Å². The molecule has 19 heavy (non-hydrogen) atoms. The Kier molecular flexibility index (Phi) is 4.40. The molecule has 104 valence electrons. The van der Waals surface area contributed by atoms with Crippen molar-refractivity contribution in [3.8, 4) is 5.75 Å². The molecule has 1 N–H and O–H groups in total. The lowest BCUT2D eigenvalue weighted by Gasteiger charge is -2.27. The van der Waals surface area contributed by atoms with E-state index in [1.807, 2.05) is 0 Å². The number of carbonyl (C=O) groups is 1. The zero-order chi connectivity index (χ0) is 13.8. The highest BCUT2D eigenvalue weighted by atomic mass is 19.1. The Bertz CT molecular complexity index is 453. The first-order valence-electron chi connectivity index (χ1n) is 6.85. The average Bonchev–Trinajstić information content (AvgIpc) is 2.69. The van der Waals surface area contributed by atoms with Crippen LogP contribution in [0.4, 0.5) is 4.39 Å². The van der Waals surface area contributed by atoms with Gasteiger partial charge in [0.05, 0.1) is 5.56 Å². The predicted molar refractivity (Wildman–Crippen MR) is 71.6 cm³/mol. The molecule has 1 amide bonds. The van der Waals surface area contributed by atoms with Gasteiger partial charge in [0.1, 0.15) is 11.6 Å². The number of hydrogen-bond donors (Lipinski definition) is 1. The van der Waals surface area contributed by atoms with Gasteiger partial charge in [-0.25, -0.2) is 4.39 Å². The van der Waals surface area contributed by atoms with Crippen LogP contribution in [0.2, 0.25) is 0 Å². The number of phenolic OH excluding ortho intramolecular Hbond substituents is 1. The molecule has 1 aromatic carbocycles. The molecule has 0 spiro atoms. The molecule has 3 nitrogen and oxygen atoms in total. The van der Waals surface area contributed by atoms with Crippen LogP contribution >= 0.6 is 0 Å². The van der Waals surface area contributed by atoms with Crippen LogP contribution in [0.1, 0.15) is 48.9 Å². The number of rotatable bonds is 2. The van der Waals surface area contributed by atoms with Crippen molar-refractivity contribution in [1.82, 2.24) is 4.90 Å². The molecule has 1 aliphatic rings. The van der Waals surface area contributed by atoms with E-state index in [0.29, 0.717) is 0 Å². The topological polar surface area (TPSA) is 40.5 Å². The van der Waals surface area contributed by atoms with E-state index < -0.39 is 5.82 Å². The molecule has 0 bridgehead atoms. The molecule has 0 atom stereocenters. The van der Waals surface area contributed by atoms with Crippen LogP contribution in [0.25, 0.3) is 0 Å². The van der Waals surface area contributed by atoms with Crippen molar-refractivity contribution in [3.05, 3.63) is 29.6 Å². The van der Waals surface area contributed by atoms with Crippen LogP contribution in [0.5, 0.6) is 5.75 Å². The van der Waals surface area contributed by atoms with Gasteiger partial charge in [-0.15, -0.1) is 0 Å². The first-order valence-corrected chi connectivity index (χ1v) is 6.85. The number of carbonyl (C=O) groups excluding carboxylic acids is 1. The quantitative estimate of drug-likeness (QED) is 0.833. The van der Waals surface area contributed by atoms with Crippen molar-refractivity contribution in [3.63, 3.8) is 0 Å². The number of aromatic hydroxyl groups is 1. The van der Waals surface area contributed by atoms with Crippen molar-refractivity contribution < 1.29 is 14.3 Å². The summed E-state index contributed by atoms with van der Waals surface area (Å²) in [7, 11) is 1.74. The van der Waals surface area contributed by atoms with Crippen LogP contribution in [0.15, 0.2) is 18.2 Å². The van der Waals surface area contributed by atoms with Crippen LogP contribution in [0, 0.1) is 5.82 Å². The maximum Gasteiger partial charge on any atom is 0.257 e. The molecule has 0 aliphatic heterocycles. The van der Waals surface area contributed by atoms with Crippen LogP contribution in [-0.4, -0.2) is 29.0 Å². The molecule has 4 heteroatoms. The summed E-state index contributed by atoms with van der Waals surface area (Å²) < 4.78 is 13.2. The molecule has 1 saturated carbocycles. The lowest BCUT2D eigenvalue weighted by molar-refractivity contribution is 0.0714. The van der Waals surface area contributed by atoms with Crippen molar-refractivity contribution in [2.24, 2.45) is 0 Å². The SMILES string of the molecule is CN(C(=O)c1cc(F)ccc1O)C1CCCCCC1. The van der Waals surface area contributed by atoms with E-state index >= 15 is 0 Å². The highest BCUT2D eigenvalue weighted by Gasteiger charge is 2.24. The first-order chi connectivity index (χ1) is 9.09. The Labute approximate surface area is 113 Å². The number of nitrogens with zero attached hydrogens (tertiary/aromatic N) is 1. The Balaban J connectivity index is 2.15. The van der Waals surface area contributed by atoms with E-state index in [-0.39, 0.29) is 23.3 Å². The fourth-order valence-electron chi connectivity index (χ4n) is 2.68. The largest absolute Gasteiger partial charge is 0.507 e. The Morgan fingerprint density at radius 1 is 1.26 bits per heavy atom. The minimum atomic E-state index is -0.504. The second kappa shape index (κ2) is 6.04. The summed E-state index contributed by atoms with van der Waals surface area (Å²) in [5, 5.41) is 9.69. The number of phenols is 1. The normalized spacial score (nSPS) is 16.9. The second-order valence-electron chi connectivity index (χ2n) is 5.22.